The molecule has 0 radical (unpaired) electrons. The number of benzene rings is 1. The summed E-state index contributed by atoms with van der Waals surface area (Å²) in [5.41, 5.74) is 2.52. The average Bonchev–Trinajstić information content (AvgIpc) is 2.69. The van der Waals surface area contributed by atoms with Crippen LogP contribution in [-0.2, 0) is 33.8 Å². The van der Waals surface area contributed by atoms with Crippen LogP contribution in [0.4, 0.5) is 10.1 Å². The Labute approximate surface area is 180 Å². The van der Waals surface area contributed by atoms with Crippen molar-refractivity contribution in [2.75, 3.05) is 25.1 Å². The molecule has 0 atom stereocenters. The first-order valence-corrected chi connectivity index (χ1v) is 8.67. The summed E-state index contributed by atoms with van der Waals surface area (Å²) in [5.74, 6) is -1.27. The third-order valence-electron chi connectivity index (χ3n) is 4.16. The van der Waals surface area contributed by atoms with Crippen LogP contribution in [0.15, 0.2) is 36.7 Å². The Kier molecular flexibility index (Phi) is 10.5. The van der Waals surface area contributed by atoms with Crippen molar-refractivity contribution in [2.45, 2.75) is 19.5 Å². The van der Waals surface area contributed by atoms with E-state index in [-0.39, 0.29) is 49.6 Å². The van der Waals surface area contributed by atoms with E-state index in [0.29, 0.717) is 31.6 Å². The molecule has 0 bridgehead atoms. The van der Waals surface area contributed by atoms with Crippen LogP contribution >= 0.6 is 24.8 Å². The number of fused-ring (bicyclic) bond motifs is 1. The van der Waals surface area contributed by atoms with Gasteiger partial charge < -0.3 is 20.7 Å². The molecule has 1 aliphatic heterocycles. The first kappa shape index (κ1) is 24.8. The number of halogens is 3. The topological polar surface area (TPSA) is 92.4 Å². The van der Waals surface area contributed by atoms with E-state index in [9.17, 15) is 14.0 Å². The maximum atomic E-state index is 14.5. The summed E-state index contributed by atoms with van der Waals surface area (Å²) >= 11 is 0. The molecule has 3 N–H and O–H groups in total. The molecule has 0 aliphatic carbocycles. The van der Waals surface area contributed by atoms with Gasteiger partial charge in [-0.1, -0.05) is 12.1 Å². The van der Waals surface area contributed by atoms with Crippen molar-refractivity contribution in [2.24, 2.45) is 0 Å². The van der Waals surface area contributed by atoms with Crippen LogP contribution in [0, 0.1) is 5.82 Å². The van der Waals surface area contributed by atoms with Crippen LogP contribution in [0.25, 0.3) is 0 Å². The number of nitrogens with zero attached hydrogens (tertiary/aromatic N) is 1. The van der Waals surface area contributed by atoms with Gasteiger partial charge in [-0.05, 0) is 41.8 Å². The maximum absolute atomic E-state index is 14.5. The number of amides is 2. The zero-order valence-electron chi connectivity index (χ0n) is 15.6. The van der Waals surface area contributed by atoms with Crippen LogP contribution < -0.4 is 16.0 Å². The van der Waals surface area contributed by atoms with Crippen LogP contribution in [0.3, 0.4) is 0 Å². The van der Waals surface area contributed by atoms with E-state index in [2.05, 4.69) is 20.9 Å². The summed E-state index contributed by atoms with van der Waals surface area (Å²) in [6, 6.07) is 6.95. The molecule has 10 heteroatoms. The highest BCUT2D eigenvalue weighted by Gasteiger charge is 2.17. The zero-order valence-corrected chi connectivity index (χ0v) is 17.2. The van der Waals surface area contributed by atoms with Gasteiger partial charge in [0.15, 0.2) is 0 Å². The first-order chi connectivity index (χ1) is 13.1. The van der Waals surface area contributed by atoms with Gasteiger partial charge in [-0.25, -0.2) is 4.39 Å². The SMILES string of the molecule is Cl.Cl.O=C(COCC(=O)Nc1ccc2c(c1F)CCNC2)NCc1cccnc1. The molecule has 29 heavy (non-hydrogen) atoms. The Morgan fingerprint density at radius 2 is 1.97 bits per heavy atom. The molecule has 3 rings (SSSR count). The summed E-state index contributed by atoms with van der Waals surface area (Å²) in [4.78, 5) is 27.6. The lowest BCUT2D eigenvalue weighted by atomic mass is 9.99. The van der Waals surface area contributed by atoms with Crippen molar-refractivity contribution in [3.8, 4) is 0 Å². The second-order valence-electron chi connectivity index (χ2n) is 6.17. The molecule has 2 aromatic rings. The Balaban J connectivity index is 0.00000210. The molecule has 2 amide bonds. The number of hydrogen-bond donors (Lipinski definition) is 3. The van der Waals surface area contributed by atoms with Crippen LogP contribution in [0.2, 0.25) is 0 Å². The molecule has 1 aromatic heterocycles. The fraction of sp³-hybridized carbons (Fsp3) is 0.316. The van der Waals surface area contributed by atoms with E-state index >= 15 is 0 Å². The molecule has 7 nitrogen and oxygen atoms in total. The lowest BCUT2D eigenvalue weighted by Gasteiger charge is -2.19. The van der Waals surface area contributed by atoms with Gasteiger partial charge in [0.1, 0.15) is 19.0 Å². The van der Waals surface area contributed by atoms with Gasteiger partial charge in [0.2, 0.25) is 11.8 Å². The molecule has 0 saturated carbocycles. The molecular formula is C19H23Cl2FN4O3. The van der Waals surface area contributed by atoms with E-state index in [4.69, 9.17) is 4.74 Å². The van der Waals surface area contributed by atoms with E-state index in [0.717, 1.165) is 11.1 Å². The maximum Gasteiger partial charge on any atom is 0.250 e. The van der Waals surface area contributed by atoms with Gasteiger partial charge in [-0.15, -0.1) is 24.8 Å². The molecule has 0 fully saturated rings. The minimum atomic E-state index is -0.511. The number of rotatable bonds is 7. The van der Waals surface area contributed by atoms with Crippen molar-refractivity contribution < 1.29 is 18.7 Å². The fourth-order valence-electron chi connectivity index (χ4n) is 2.81. The third kappa shape index (κ3) is 7.25. The van der Waals surface area contributed by atoms with E-state index in [1.165, 1.54) is 0 Å². The summed E-state index contributed by atoms with van der Waals surface area (Å²) in [6.45, 7) is 1.07. The number of anilines is 1. The Bertz CT molecular complexity index is 825. The Morgan fingerprint density at radius 3 is 2.72 bits per heavy atom. The number of pyridine rings is 1. The highest BCUT2D eigenvalue weighted by atomic mass is 35.5. The second kappa shape index (κ2) is 12.3. The molecule has 1 aliphatic rings. The molecule has 0 unspecified atom stereocenters. The predicted octanol–water partition coefficient (Wildman–Crippen LogP) is 1.98. The minimum absolute atomic E-state index is 0. The number of carbonyl (C=O) groups excluding carboxylic acids is 2. The van der Waals surface area contributed by atoms with Crippen LogP contribution in [0.1, 0.15) is 16.7 Å². The zero-order chi connectivity index (χ0) is 19.1. The van der Waals surface area contributed by atoms with Crippen molar-refractivity contribution in [1.82, 2.24) is 15.6 Å². The number of aromatic nitrogens is 1. The molecular weight excluding hydrogens is 422 g/mol. The van der Waals surface area contributed by atoms with Crippen molar-refractivity contribution in [3.05, 3.63) is 59.2 Å². The second-order valence-corrected chi connectivity index (χ2v) is 6.17. The van der Waals surface area contributed by atoms with E-state index in [1.807, 2.05) is 6.07 Å². The predicted molar refractivity (Wildman–Crippen MR) is 112 cm³/mol. The standard InChI is InChI=1S/C19H21FN4O3.2ClH/c20-19-15-5-7-22-10-14(15)3-4-16(19)24-18(26)12-27-11-17(25)23-9-13-2-1-6-21-8-13;;/h1-4,6,8,22H,5,7,9-12H2,(H,23,25)(H,24,26);2*1H. The van der Waals surface area contributed by atoms with Gasteiger partial charge >= 0.3 is 0 Å². The van der Waals surface area contributed by atoms with Gasteiger partial charge in [-0.2, -0.15) is 0 Å². The van der Waals surface area contributed by atoms with Crippen molar-refractivity contribution in [1.29, 1.82) is 0 Å². The summed E-state index contributed by atoms with van der Waals surface area (Å²) in [7, 11) is 0. The van der Waals surface area contributed by atoms with Gasteiger partial charge in [-0.3, -0.25) is 14.6 Å². The van der Waals surface area contributed by atoms with Crippen LogP contribution in [0.5, 0.6) is 0 Å². The molecule has 2 heterocycles. The Hall–Kier alpha value is -2.26. The fourth-order valence-corrected chi connectivity index (χ4v) is 2.81. The first-order valence-electron chi connectivity index (χ1n) is 8.67. The largest absolute Gasteiger partial charge is 0.362 e. The molecule has 158 valence electrons. The van der Waals surface area contributed by atoms with Crippen LogP contribution in [-0.4, -0.2) is 36.6 Å². The number of ether oxygens (including phenoxy) is 1. The van der Waals surface area contributed by atoms with Gasteiger partial charge in [0, 0.05) is 25.5 Å². The number of carbonyl (C=O) groups is 2. The van der Waals surface area contributed by atoms with Gasteiger partial charge in [0.05, 0.1) is 5.69 Å². The lowest BCUT2D eigenvalue weighted by molar-refractivity contribution is -0.128. The summed E-state index contributed by atoms with van der Waals surface area (Å²) in [6.07, 6.45) is 3.88. The lowest BCUT2D eigenvalue weighted by Crippen LogP contribution is -2.29. The molecule has 0 spiro atoms. The van der Waals surface area contributed by atoms with Gasteiger partial charge in [0.25, 0.3) is 0 Å². The quantitative estimate of drug-likeness (QED) is 0.607. The smallest absolute Gasteiger partial charge is 0.250 e. The number of nitrogens with one attached hydrogen (secondary N) is 3. The van der Waals surface area contributed by atoms with E-state index < -0.39 is 11.7 Å². The minimum Gasteiger partial charge on any atom is -0.362 e. The normalized spacial score (nSPS) is 12.0. The molecule has 0 saturated heterocycles. The third-order valence-corrected chi connectivity index (χ3v) is 4.16. The highest BCUT2D eigenvalue weighted by Crippen LogP contribution is 2.24. The number of hydrogen-bond acceptors (Lipinski definition) is 5. The molecule has 1 aromatic carbocycles. The van der Waals surface area contributed by atoms with Crippen molar-refractivity contribution in [3.63, 3.8) is 0 Å². The monoisotopic (exact) mass is 444 g/mol. The highest BCUT2D eigenvalue weighted by molar-refractivity contribution is 5.92. The van der Waals surface area contributed by atoms with Crippen molar-refractivity contribution >= 4 is 42.3 Å². The van der Waals surface area contributed by atoms with E-state index in [1.54, 1.807) is 30.6 Å². The summed E-state index contributed by atoms with van der Waals surface area (Å²) in [5, 5.41) is 8.33. The Morgan fingerprint density at radius 1 is 1.17 bits per heavy atom. The summed E-state index contributed by atoms with van der Waals surface area (Å²) < 4.78 is 19.6. The average molecular weight is 445 g/mol.